The van der Waals surface area contributed by atoms with Crippen molar-refractivity contribution in [2.75, 3.05) is 0 Å². The van der Waals surface area contributed by atoms with Gasteiger partial charge in [0.05, 0.1) is 45.0 Å². The van der Waals surface area contributed by atoms with Gasteiger partial charge < -0.3 is 9.97 Å². The van der Waals surface area contributed by atoms with Crippen molar-refractivity contribution in [3.05, 3.63) is 163 Å². The van der Waals surface area contributed by atoms with E-state index in [-0.39, 0.29) is 29.5 Å². The molecule has 0 unspecified atom stereocenters. The van der Waals surface area contributed by atoms with E-state index in [1.165, 1.54) is 0 Å². The van der Waals surface area contributed by atoms with Crippen molar-refractivity contribution in [2.24, 2.45) is 0 Å². The normalized spacial score (nSPS) is 11.9. The molecule has 4 nitrogen and oxygen atoms in total. The van der Waals surface area contributed by atoms with Gasteiger partial charge in [0.1, 0.15) is 0 Å². The van der Waals surface area contributed by atoms with E-state index in [1.54, 1.807) is 0 Å². The van der Waals surface area contributed by atoms with E-state index < -0.39 is 206 Å². The van der Waals surface area contributed by atoms with Crippen molar-refractivity contribution in [1.82, 2.24) is 19.9 Å². The summed E-state index contributed by atoms with van der Waals surface area (Å²) in [5.41, 5.74) is -20.5. The van der Waals surface area contributed by atoms with Gasteiger partial charge in [0.15, 0.2) is 93.1 Å². The number of aromatic amines is 2. The summed E-state index contributed by atoms with van der Waals surface area (Å²) in [6, 6.07) is 2.51. The molecule has 0 radical (unpaired) electrons. The van der Waals surface area contributed by atoms with E-state index in [9.17, 15) is 52.7 Å². The topological polar surface area (TPSA) is 57.4 Å². The van der Waals surface area contributed by atoms with Crippen LogP contribution in [0.25, 0.3) is 90.9 Å². The van der Waals surface area contributed by atoms with Crippen molar-refractivity contribution in [2.45, 2.75) is 0 Å². The third kappa shape index (κ3) is 7.31. The molecular weight excluding hydrogens is 1060 g/mol. The maximum atomic E-state index is 15.8. The summed E-state index contributed by atoms with van der Waals surface area (Å²) in [7, 11) is 0. The molecule has 5 heterocycles. The molecule has 0 spiro atoms. The van der Waals surface area contributed by atoms with Gasteiger partial charge in [0.2, 0.25) is 23.3 Å². The van der Waals surface area contributed by atoms with Crippen LogP contribution in [-0.4, -0.2) is 19.9 Å². The molecular formula is C44H11ClF20FeN4. The zero-order valence-electron chi connectivity index (χ0n) is 32.8. The first-order valence-electron chi connectivity index (χ1n) is 18.3. The van der Waals surface area contributed by atoms with E-state index in [2.05, 4.69) is 19.9 Å². The Bertz CT molecular complexity index is 3130. The van der Waals surface area contributed by atoms with E-state index in [0.29, 0.717) is 48.6 Å². The molecule has 8 bridgehead atoms. The Labute approximate surface area is 390 Å². The molecule has 2 aliphatic heterocycles. The number of halogens is 21. The van der Waals surface area contributed by atoms with Gasteiger partial charge >= 0.3 is 0 Å². The first-order chi connectivity index (χ1) is 32.1. The van der Waals surface area contributed by atoms with Gasteiger partial charge in [-0.25, -0.2) is 97.8 Å². The average molecular weight is 1070 g/mol. The predicted molar refractivity (Wildman–Crippen MR) is 207 cm³/mol. The quantitative estimate of drug-likeness (QED) is 0.0799. The number of hydrogen-bond donors (Lipinski definition) is 2. The summed E-state index contributed by atoms with van der Waals surface area (Å²) in [5.74, 6) is -52.6. The molecule has 7 aromatic rings. The van der Waals surface area contributed by atoms with Gasteiger partial charge in [-0.05, 0) is 48.6 Å². The van der Waals surface area contributed by atoms with Crippen molar-refractivity contribution in [3.8, 4) is 44.5 Å². The summed E-state index contributed by atoms with van der Waals surface area (Å²) < 4.78 is 303. The second kappa shape index (κ2) is 18.0. The molecule has 2 aliphatic rings. The van der Waals surface area contributed by atoms with E-state index in [4.69, 9.17) is 0 Å². The summed E-state index contributed by atoms with van der Waals surface area (Å²) >= 11 is 0. The van der Waals surface area contributed by atoms with Gasteiger partial charge in [0.25, 0.3) is 0 Å². The van der Waals surface area contributed by atoms with E-state index >= 15 is 35.1 Å². The monoisotopic (exact) mass is 1070 g/mol. The predicted octanol–water partition coefficient (Wildman–Crippen LogP) is 14.5. The number of rotatable bonds is 4. The van der Waals surface area contributed by atoms with Crippen LogP contribution in [0.3, 0.4) is 0 Å². The minimum Gasteiger partial charge on any atom is -0.354 e. The molecule has 9 rings (SSSR count). The Morgan fingerprint density at radius 1 is 0.229 bits per heavy atom. The van der Waals surface area contributed by atoms with Crippen LogP contribution < -0.4 is 0 Å². The van der Waals surface area contributed by atoms with Crippen LogP contribution in [0.5, 0.6) is 0 Å². The van der Waals surface area contributed by atoms with Crippen LogP contribution in [0.15, 0.2) is 24.3 Å². The Morgan fingerprint density at radius 3 is 0.529 bits per heavy atom. The Balaban J connectivity index is 0.00000361. The Kier molecular flexibility index (Phi) is 13.1. The van der Waals surface area contributed by atoms with Crippen molar-refractivity contribution >= 4 is 58.8 Å². The molecule has 2 N–H and O–H groups in total. The number of nitrogens with zero attached hydrogens (tertiary/aromatic N) is 2. The van der Waals surface area contributed by atoms with Crippen LogP contribution in [0.4, 0.5) is 87.8 Å². The minimum atomic E-state index is -2.72. The first kappa shape index (κ1) is 50.8. The van der Waals surface area contributed by atoms with Crippen molar-refractivity contribution in [1.29, 1.82) is 0 Å². The molecule has 0 fully saturated rings. The molecule has 0 saturated carbocycles. The SMILES string of the molecule is Cl.Fc1c(F)c(F)c(-c2c3nc(c(-c4c(F)c(F)c(F)c(F)c4F)c4ccc([nH]4)c(-c4c(F)c(F)c(F)c(F)c4F)c4nc(c(-c5c(F)c(F)c(F)c(F)c5F)c5ccc2[nH]5)C=C4)C=C3)c(F)c1F.[Fe]. The summed E-state index contributed by atoms with van der Waals surface area (Å²) in [5, 5.41) is 0. The van der Waals surface area contributed by atoms with Gasteiger partial charge in [-0.2, -0.15) is 0 Å². The maximum absolute atomic E-state index is 15.8. The van der Waals surface area contributed by atoms with Gasteiger partial charge in [0, 0.05) is 61.4 Å². The van der Waals surface area contributed by atoms with Crippen LogP contribution >= 0.6 is 12.4 Å². The average Bonchev–Trinajstić information content (AvgIpc) is 4.18. The Hall–Kier alpha value is -7.11. The second-order valence-corrected chi connectivity index (χ2v) is 14.3. The molecule has 0 aliphatic carbocycles. The fraction of sp³-hybridized carbons (Fsp3) is 0. The zero-order chi connectivity index (χ0) is 49.3. The third-order valence-corrected chi connectivity index (χ3v) is 10.6. The number of aromatic nitrogens is 4. The fourth-order valence-corrected chi connectivity index (χ4v) is 7.56. The third-order valence-electron chi connectivity index (χ3n) is 10.6. The molecule has 0 amide bonds. The largest absolute Gasteiger partial charge is 0.354 e. The van der Waals surface area contributed by atoms with Gasteiger partial charge in [-0.3, -0.25) is 0 Å². The summed E-state index contributed by atoms with van der Waals surface area (Å²) in [4.78, 5) is 12.3. The fourth-order valence-electron chi connectivity index (χ4n) is 7.56. The minimum absolute atomic E-state index is 0. The van der Waals surface area contributed by atoms with Crippen LogP contribution in [0, 0.1) is 116 Å². The molecule has 0 saturated heterocycles. The molecule has 362 valence electrons. The molecule has 4 aromatic carbocycles. The number of fused-ring (bicyclic) bond motifs is 8. The smallest absolute Gasteiger partial charge is 0.200 e. The molecule has 0 atom stereocenters. The summed E-state index contributed by atoms with van der Waals surface area (Å²) in [6.45, 7) is 0. The van der Waals surface area contributed by atoms with Gasteiger partial charge in [-0.15, -0.1) is 12.4 Å². The Morgan fingerprint density at radius 2 is 0.371 bits per heavy atom. The number of nitrogens with one attached hydrogen (secondary N) is 2. The van der Waals surface area contributed by atoms with E-state index in [0.717, 1.165) is 0 Å². The summed E-state index contributed by atoms with van der Waals surface area (Å²) in [6.07, 6.45) is 2.40. The molecule has 3 aromatic heterocycles. The standard InChI is InChI=1S/C44H10F20N4.ClH.Fe/c45-25-21(26(46)34(54)41(61)33(25)53)17-9-1-2-10(65-9)18(22-27(47)35(55)42(62)36(56)28(22)48)12-5-6-14(67-12)20(24-31(51)39(59)44(64)40(60)32(24)52)16-8-7-15(68-16)19(13-4-3-11(17)66-13)23-29(49)37(57)43(63)38(58)30(23)50;;/h1-8,65,68H;1H;. The number of benzene rings is 4. The first-order valence-corrected chi connectivity index (χ1v) is 18.3. The second-order valence-electron chi connectivity index (χ2n) is 14.3. The van der Waals surface area contributed by atoms with Crippen molar-refractivity contribution in [3.63, 3.8) is 0 Å². The van der Waals surface area contributed by atoms with E-state index in [1.807, 2.05) is 0 Å². The molecule has 26 heteroatoms. The van der Waals surface area contributed by atoms with Crippen LogP contribution in [-0.2, 0) is 17.1 Å². The maximum Gasteiger partial charge on any atom is 0.200 e. The van der Waals surface area contributed by atoms with Gasteiger partial charge in [-0.1, -0.05) is 0 Å². The zero-order valence-corrected chi connectivity index (χ0v) is 34.8. The number of hydrogen-bond acceptors (Lipinski definition) is 2. The van der Waals surface area contributed by atoms with Crippen molar-refractivity contribution < 1.29 is 105 Å². The number of H-pyrrole nitrogens is 2. The van der Waals surface area contributed by atoms with Crippen LogP contribution in [0.2, 0.25) is 0 Å². The molecule has 70 heavy (non-hydrogen) atoms. The van der Waals surface area contributed by atoms with Crippen LogP contribution in [0.1, 0.15) is 22.8 Å².